The zero-order valence-corrected chi connectivity index (χ0v) is 11.9. The second-order valence-corrected chi connectivity index (χ2v) is 5.02. The molecular weight excluding hydrogens is 294 g/mol. The first kappa shape index (κ1) is 14.6. The summed E-state index contributed by atoms with van der Waals surface area (Å²) in [5.41, 5.74) is 0.585. The average Bonchev–Trinajstić information content (AvgIpc) is 2.93. The lowest BCUT2D eigenvalue weighted by Gasteiger charge is -2.33. The van der Waals surface area contributed by atoms with E-state index in [0.29, 0.717) is 12.2 Å². The third-order valence-electron chi connectivity index (χ3n) is 3.60. The van der Waals surface area contributed by atoms with Gasteiger partial charge in [0.15, 0.2) is 0 Å². The van der Waals surface area contributed by atoms with Gasteiger partial charge in [-0.1, -0.05) is 11.3 Å². The molecule has 3 rings (SSSR count). The molecule has 0 N–H and O–H groups in total. The van der Waals surface area contributed by atoms with Crippen molar-refractivity contribution in [2.75, 3.05) is 19.7 Å². The number of benzene rings is 1. The molecule has 1 amide bonds. The third kappa shape index (κ3) is 2.69. The molecule has 0 saturated carbocycles. The molecule has 2 heterocycles. The molecule has 22 heavy (non-hydrogen) atoms. The van der Waals surface area contributed by atoms with E-state index < -0.39 is 17.7 Å². The quantitative estimate of drug-likeness (QED) is 0.839. The summed E-state index contributed by atoms with van der Waals surface area (Å²) < 4.78 is 33.7. The summed E-state index contributed by atoms with van der Waals surface area (Å²) in [7, 11) is 1.62. The molecule has 1 fully saturated rings. The minimum absolute atomic E-state index is 0.187. The highest BCUT2D eigenvalue weighted by Gasteiger charge is 2.29. The molecule has 0 bridgehead atoms. The summed E-state index contributed by atoms with van der Waals surface area (Å²) in [6.45, 7) is 0.856. The number of hydrogen-bond acceptors (Lipinski definition) is 4. The van der Waals surface area contributed by atoms with Crippen molar-refractivity contribution < 1.29 is 18.3 Å². The Bertz CT molecular complexity index is 704. The van der Waals surface area contributed by atoms with Gasteiger partial charge in [0, 0.05) is 25.2 Å². The van der Waals surface area contributed by atoms with Crippen LogP contribution in [0.2, 0.25) is 0 Å². The first-order chi connectivity index (χ1) is 10.6. The Labute approximate surface area is 125 Å². The molecule has 116 valence electrons. The summed E-state index contributed by atoms with van der Waals surface area (Å²) in [5.74, 6) is -1.57. The van der Waals surface area contributed by atoms with E-state index in [1.807, 2.05) is 0 Å². The van der Waals surface area contributed by atoms with Gasteiger partial charge in [0.25, 0.3) is 5.91 Å². The fraction of sp³-hybridized carbons (Fsp3) is 0.357. The fourth-order valence-corrected chi connectivity index (χ4v) is 2.43. The fourth-order valence-electron chi connectivity index (χ4n) is 2.43. The number of ether oxygens (including phenoxy) is 1. The molecule has 1 aromatic heterocycles. The van der Waals surface area contributed by atoms with Crippen molar-refractivity contribution in [2.45, 2.75) is 6.10 Å². The summed E-state index contributed by atoms with van der Waals surface area (Å²) in [6.07, 6.45) is 0.755. The highest BCUT2D eigenvalue weighted by atomic mass is 19.1. The van der Waals surface area contributed by atoms with Crippen LogP contribution < -0.4 is 0 Å². The normalized spacial score (nSPS) is 18.5. The van der Waals surface area contributed by atoms with Crippen molar-refractivity contribution in [3.05, 3.63) is 47.3 Å². The average molecular weight is 308 g/mol. The number of nitrogens with zero attached hydrogens (tertiary/aromatic N) is 4. The molecule has 8 heteroatoms. The van der Waals surface area contributed by atoms with Crippen LogP contribution in [0.5, 0.6) is 0 Å². The molecule has 1 saturated heterocycles. The topological polar surface area (TPSA) is 60.2 Å². The predicted octanol–water partition coefficient (Wildman–Crippen LogP) is 1.31. The van der Waals surface area contributed by atoms with E-state index in [1.165, 1.54) is 23.0 Å². The van der Waals surface area contributed by atoms with E-state index in [4.69, 9.17) is 4.74 Å². The van der Waals surface area contributed by atoms with E-state index in [0.717, 1.165) is 6.07 Å². The molecule has 1 atom stereocenters. The Kier molecular flexibility index (Phi) is 3.84. The minimum Gasteiger partial charge on any atom is -0.370 e. The van der Waals surface area contributed by atoms with Crippen molar-refractivity contribution in [3.8, 4) is 0 Å². The zero-order chi connectivity index (χ0) is 15.7. The largest absolute Gasteiger partial charge is 0.370 e. The van der Waals surface area contributed by atoms with Gasteiger partial charge >= 0.3 is 0 Å². The van der Waals surface area contributed by atoms with Gasteiger partial charge in [-0.2, -0.15) is 0 Å². The SMILES string of the molecule is Cn1nncc1C(=O)N1CCOC(c2ccc(F)cc2F)C1. The Morgan fingerprint density at radius 2 is 2.23 bits per heavy atom. The van der Waals surface area contributed by atoms with Gasteiger partial charge in [-0.3, -0.25) is 4.79 Å². The standard InChI is InChI=1S/C14H14F2N4O2/c1-19-12(7-17-18-19)14(21)20-4-5-22-13(8-20)10-3-2-9(15)6-11(10)16/h2-3,6-7,13H,4-5,8H2,1H3. The second kappa shape index (κ2) is 5.80. The lowest BCUT2D eigenvalue weighted by Crippen LogP contribution is -2.43. The third-order valence-corrected chi connectivity index (χ3v) is 3.60. The number of carbonyl (C=O) groups is 1. The molecule has 0 radical (unpaired) electrons. The minimum atomic E-state index is -0.679. The Morgan fingerprint density at radius 1 is 1.41 bits per heavy atom. The smallest absolute Gasteiger partial charge is 0.273 e. The second-order valence-electron chi connectivity index (χ2n) is 5.02. The van der Waals surface area contributed by atoms with Gasteiger partial charge in [-0.05, 0) is 6.07 Å². The number of hydrogen-bond donors (Lipinski definition) is 0. The first-order valence-corrected chi connectivity index (χ1v) is 6.77. The van der Waals surface area contributed by atoms with Crippen molar-refractivity contribution in [3.63, 3.8) is 0 Å². The van der Waals surface area contributed by atoms with Crippen molar-refractivity contribution in [2.24, 2.45) is 7.05 Å². The Morgan fingerprint density at radius 3 is 2.91 bits per heavy atom. The Balaban J connectivity index is 1.80. The van der Waals surface area contributed by atoms with Gasteiger partial charge in [-0.25, -0.2) is 13.5 Å². The molecule has 1 aliphatic heterocycles. The molecular formula is C14H14F2N4O2. The maximum atomic E-state index is 13.9. The number of halogens is 2. The van der Waals surface area contributed by atoms with Crippen LogP contribution in [0.25, 0.3) is 0 Å². The maximum absolute atomic E-state index is 13.9. The summed E-state index contributed by atoms with van der Waals surface area (Å²) in [4.78, 5) is 14.0. The number of carbonyl (C=O) groups excluding carboxylic acids is 1. The van der Waals surface area contributed by atoms with Crippen LogP contribution in [-0.4, -0.2) is 45.5 Å². The van der Waals surface area contributed by atoms with Crippen molar-refractivity contribution in [1.82, 2.24) is 19.9 Å². The number of aryl methyl sites for hydroxylation is 1. The van der Waals surface area contributed by atoms with E-state index in [9.17, 15) is 13.6 Å². The first-order valence-electron chi connectivity index (χ1n) is 6.77. The molecule has 1 unspecified atom stereocenters. The lowest BCUT2D eigenvalue weighted by atomic mass is 10.1. The van der Waals surface area contributed by atoms with Crippen LogP contribution in [0.3, 0.4) is 0 Å². The molecule has 6 nitrogen and oxygen atoms in total. The van der Waals surface area contributed by atoms with Gasteiger partial charge < -0.3 is 9.64 Å². The van der Waals surface area contributed by atoms with Crippen LogP contribution in [0.1, 0.15) is 22.2 Å². The van der Waals surface area contributed by atoms with Crippen molar-refractivity contribution >= 4 is 5.91 Å². The number of rotatable bonds is 2. The molecule has 1 aliphatic rings. The maximum Gasteiger partial charge on any atom is 0.273 e. The van der Waals surface area contributed by atoms with Crippen LogP contribution in [0, 0.1) is 11.6 Å². The van der Waals surface area contributed by atoms with Gasteiger partial charge in [-0.15, -0.1) is 5.10 Å². The van der Waals surface area contributed by atoms with E-state index in [1.54, 1.807) is 11.9 Å². The van der Waals surface area contributed by atoms with Gasteiger partial charge in [0.1, 0.15) is 23.4 Å². The Hall–Kier alpha value is -2.35. The molecule has 1 aromatic carbocycles. The zero-order valence-electron chi connectivity index (χ0n) is 11.9. The summed E-state index contributed by atoms with van der Waals surface area (Å²) in [6, 6.07) is 3.33. The summed E-state index contributed by atoms with van der Waals surface area (Å²) >= 11 is 0. The molecule has 0 aliphatic carbocycles. The van der Waals surface area contributed by atoms with Crippen LogP contribution in [0.4, 0.5) is 8.78 Å². The van der Waals surface area contributed by atoms with Crippen LogP contribution in [0.15, 0.2) is 24.4 Å². The van der Waals surface area contributed by atoms with Gasteiger partial charge in [0.2, 0.25) is 0 Å². The number of morpholine rings is 1. The number of amides is 1. The predicted molar refractivity (Wildman–Crippen MR) is 72.0 cm³/mol. The summed E-state index contributed by atoms with van der Waals surface area (Å²) in [5, 5.41) is 7.39. The highest BCUT2D eigenvalue weighted by Crippen LogP contribution is 2.25. The van der Waals surface area contributed by atoms with E-state index in [2.05, 4.69) is 10.3 Å². The van der Waals surface area contributed by atoms with E-state index >= 15 is 0 Å². The lowest BCUT2D eigenvalue weighted by molar-refractivity contribution is -0.0246. The van der Waals surface area contributed by atoms with Crippen LogP contribution in [-0.2, 0) is 11.8 Å². The van der Waals surface area contributed by atoms with E-state index in [-0.39, 0.29) is 24.6 Å². The van der Waals surface area contributed by atoms with Crippen molar-refractivity contribution in [1.29, 1.82) is 0 Å². The molecule has 0 spiro atoms. The van der Waals surface area contributed by atoms with Gasteiger partial charge in [0.05, 0.1) is 19.3 Å². The highest BCUT2D eigenvalue weighted by molar-refractivity contribution is 5.92. The number of aromatic nitrogens is 3. The van der Waals surface area contributed by atoms with Crippen LogP contribution >= 0.6 is 0 Å². The molecule has 2 aromatic rings. The monoisotopic (exact) mass is 308 g/mol.